The molecular weight excluding hydrogens is 640 g/mol. The molecule has 1 saturated heterocycles. The first-order valence-electron chi connectivity index (χ1n) is 19.2. The Hall–Kier alpha value is -3.40. The average Bonchev–Trinajstić information content (AvgIpc) is 3.88. The van der Waals surface area contributed by atoms with Crippen molar-refractivity contribution in [3.05, 3.63) is 101 Å². The molecule has 3 fully saturated rings. The second kappa shape index (κ2) is 14.6. The molecule has 8 heteroatoms. The number of benzene rings is 3. The van der Waals surface area contributed by atoms with Crippen LogP contribution in [0.25, 0.3) is 0 Å². The van der Waals surface area contributed by atoms with Crippen molar-refractivity contribution in [2.45, 2.75) is 81.1 Å². The summed E-state index contributed by atoms with van der Waals surface area (Å²) in [6.07, 6.45) is 8.50. The summed E-state index contributed by atoms with van der Waals surface area (Å²) in [5.41, 5.74) is 4.49. The molecule has 2 saturated carbocycles. The highest BCUT2D eigenvalue weighted by Gasteiger charge is 2.72. The lowest BCUT2D eigenvalue weighted by atomic mass is 9.48. The molecule has 0 aromatic heterocycles. The summed E-state index contributed by atoms with van der Waals surface area (Å²) in [5.74, 6) is 2.44. The quantitative estimate of drug-likeness (QED) is 0.132. The van der Waals surface area contributed by atoms with Crippen LogP contribution in [0.1, 0.15) is 66.9 Å². The Morgan fingerprint density at radius 2 is 1.78 bits per heavy atom. The summed E-state index contributed by atoms with van der Waals surface area (Å²) < 4.78 is 25.1. The first-order chi connectivity index (χ1) is 24.9. The van der Waals surface area contributed by atoms with Gasteiger partial charge in [0.2, 0.25) is 0 Å². The number of aliphatic hydroxyl groups is 1. The third kappa shape index (κ3) is 6.70. The maximum atomic E-state index is 12.6. The van der Waals surface area contributed by atoms with Gasteiger partial charge < -0.3 is 34.1 Å². The number of likely N-dealkylation sites (tertiary alicyclic amines) is 1. The molecule has 2 N–H and O–H groups in total. The highest BCUT2D eigenvalue weighted by atomic mass is 16.5. The van der Waals surface area contributed by atoms with E-state index in [2.05, 4.69) is 72.3 Å². The van der Waals surface area contributed by atoms with Crippen LogP contribution in [-0.2, 0) is 21.3 Å². The lowest BCUT2D eigenvalue weighted by Gasteiger charge is -2.63. The van der Waals surface area contributed by atoms with E-state index in [9.17, 15) is 10.2 Å². The van der Waals surface area contributed by atoms with Gasteiger partial charge in [0.25, 0.3) is 0 Å². The largest absolute Gasteiger partial charge is 0.504 e. The minimum absolute atomic E-state index is 0.0198. The minimum Gasteiger partial charge on any atom is -0.504 e. The summed E-state index contributed by atoms with van der Waals surface area (Å²) in [6.45, 7) is 8.00. The number of aromatic hydroxyl groups is 1. The standard InChI is InChI=1S/C43H54N2O6/c1-30-8-13-35(14-9-30)50-37(32-6-4-3-5-7-32)17-21-44(2)23-25-49-27-26-48-24-18-33-16-19-43(47)38-28-34-12-15-36(46)40-39(34)42(43,41(33)51-40)20-22-45(38)29-31-10-11-31/h3-9,12-15,18,31,37-38,41,46-47H,10-11,16-17,19-29H2,1-2H3/b33-18-/t37?,38-,41+,42+,43-/m1/s1. The number of ether oxygens (including phenoxy) is 4. The summed E-state index contributed by atoms with van der Waals surface area (Å²) in [6, 6.07) is 22.6. The first kappa shape index (κ1) is 34.7. The third-order valence-corrected chi connectivity index (χ3v) is 12.3. The van der Waals surface area contributed by atoms with Crippen molar-refractivity contribution in [1.29, 1.82) is 0 Å². The van der Waals surface area contributed by atoms with Gasteiger partial charge in [-0.25, -0.2) is 0 Å². The fraction of sp³-hybridized carbons (Fsp3) is 0.535. The van der Waals surface area contributed by atoms with Crippen LogP contribution in [0.5, 0.6) is 17.2 Å². The number of hydrogen-bond acceptors (Lipinski definition) is 8. The zero-order valence-electron chi connectivity index (χ0n) is 30.3. The fourth-order valence-corrected chi connectivity index (χ4v) is 9.43. The zero-order valence-corrected chi connectivity index (χ0v) is 30.3. The zero-order chi connectivity index (χ0) is 35.0. The van der Waals surface area contributed by atoms with E-state index in [1.54, 1.807) is 6.07 Å². The highest BCUT2D eigenvalue weighted by molar-refractivity contribution is 5.64. The molecule has 8 nitrogen and oxygen atoms in total. The van der Waals surface area contributed by atoms with Gasteiger partial charge >= 0.3 is 0 Å². The lowest BCUT2D eigenvalue weighted by molar-refractivity contribution is -0.174. The SMILES string of the molecule is Cc1ccc(OC(CCN(C)CCOCCOC/C=C2/CC[C@@]3(O)[C@H]4Cc5ccc(O)c6c5[C@@]3(CCN4CC3CC3)[C@H]2O6)c2ccccc2)cc1. The Morgan fingerprint density at radius 1 is 0.980 bits per heavy atom. The Labute approximate surface area is 303 Å². The summed E-state index contributed by atoms with van der Waals surface area (Å²) in [4.78, 5) is 4.87. The lowest BCUT2D eigenvalue weighted by Crippen LogP contribution is -2.75. The van der Waals surface area contributed by atoms with Crippen LogP contribution in [0.4, 0.5) is 0 Å². The van der Waals surface area contributed by atoms with E-state index in [-0.39, 0.29) is 24.0 Å². The molecule has 8 rings (SSSR count). The number of rotatable bonds is 16. The third-order valence-electron chi connectivity index (χ3n) is 12.3. The summed E-state index contributed by atoms with van der Waals surface area (Å²) in [7, 11) is 2.13. The molecule has 3 aliphatic carbocycles. The normalized spacial score (nSPS) is 27.7. The van der Waals surface area contributed by atoms with Crippen molar-refractivity contribution in [2.75, 3.05) is 59.7 Å². The Bertz CT molecular complexity index is 1690. The molecule has 1 spiro atoms. The van der Waals surface area contributed by atoms with Crippen molar-refractivity contribution >= 4 is 0 Å². The highest BCUT2D eigenvalue weighted by Crippen LogP contribution is 2.66. The minimum atomic E-state index is -0.868. The van der Waals surface area contributed by atoms with E-state index in [0.717, 1.165) is 69.1 Å². The number of hydrogen-bond donors (Lipinski definition) is 2. The number of phenols is 1. The molecule has 51 heavy (non-hydrogen) atoms. The van der Waals surface area contributed by atoms with Crippen LogP contribution in [0.2, 0.25) is 0 Å². The number of phenolic OH excluding ortho intramolecular Hbond substituents is 1. The van der Waals surface area contributed by atoms with E-state index in [0.29, 0.717) is 38.6 Å². The fourth-order valence-electron chi connectivity index (χ4n) is 9.43. The maximum Gasteiger partial charge on any atom is 0.166 e. The van der Waals surface area contributed by atoms with Gasteiger partial charge in [-0.1, -0.05) is 60.2 Å². The van der Waals surface area contributed by atoms with E-state index in [1.165, 1.54) is 35.1 Å². The van der Waals surface area contributed by atoms with Crippen LogP contribution in [0, 0.1) is 12.8 Å². The van der Waals surface area contributed by atoms with Gasteiger partial charge in [0.1, 0.15) is 18.0 Å². The predicted molar refractivity (Wildman–Crippen MR) is 198 cm³/mol. The topological polar surface area (TPSA) is 83.9 Å². The van der Waals surface area contributed by atoms with Crippen LogP contribution in [0.3, 0.4) is 0 Å². The Morgan fingerprint density at radius 3 is 2.59 bits per heavy atom. The van der Waals surface area contributed by atoms with Gasteiger partial charge in [0.15, 0.2) is 11.5 Å². The van der Waals surface area contributed by atoms with Crippen molar-refractivity contribution in [3.8, 4) is 17.2 Å². The van der Waals surface area contributed by atoms with E-state index >= 15 is 0 Å². The molecule has 5 aliphatic rings. The van der Waals surface area contributed by atoms with Crippen LogP contribution >= 0.6 is 0 Å². The van der Waals surface area contributed by atoms with Gasteiger partial charge in [0, 0.05) is 37.7 Å². The monoisotopic (exact) mass is 694 g/mol. The number of piperidine rings is 1. The van der Waals surface area contributed by atoms with Gasteiger partial charge in [0.05, 0.1) is 37.4 Å². The molecule has 272 valence electrons. The van der Waals surface area contributed by atoms with Crippen LogP contribution < -0.4 is 9.47 Å². The molecule has 5 atom stereocenters. The van der Waals surface area contributed by atoms with Crippen molar-refractivity contribution in [1.82, 2.24) is 9.80 Å². The van der Waals surface area contributed by atoms with Gasteiger partial charge in [-0.15, -0.1) is 0 Å². The van der Waals surface area contributed by atoms with Crippen molar-refractivity contribution in [2.24, 2.45) is 5.92 Å². The van der Waals surface area contributed by atoms with Crippen LogP contribution in [0.15, 0.2) is 78.4 Å². The summed E-state index contributed by atoms with van der Waals surface area (Å²) in [5, 5.41) is 23.5. The molecule has 2 aliphatic heterocycles. The molecule has 3 aromatic rings. The van der Waals surface area contributed by atoms with Gasteiger partial charge in [-0.3, -0.25) is 4.90 Å². The maximum absolute atomic E-state index is 12.6. The second-order valence-corrected chi connectivity index (χ2v) is 15.6. The predicted octanol–water partition coefficient (Wildman–Crippen LogP) is 6.37. The van der Waals surface area contributed by atoms with Crippen molar-refractivity contribution in [3.63, 3.8) is 0 Å². The van der Waals surface area contributed by atoms with Gasteiger partial charge in [-0.2, -0.15) is 0 Å². The van der Waals surface area contributed by atoms with Crippen molar-refractivity contribution < 1.29 is 29.2 Å². The van der Waals surface area contributed by atoms with E-state index in [1.807, 2.05) is 18.2 Å². The number of nitrogens with zero attached hydrogens (tertiary/aromatic N) is 2. The molecule has 1 unspecified atom stereocenters. The first-order valence-corrected chi connectivity index (χ1v) is 19.2. The summed E-state index contributed by atoms with van der Waals surface area (Å²) >= 11 is 0. The van der Waals surface area contributed by atoms with E-state index in [4.69, 9.17) is 18.9 Å². The van der Waals surface area contributed by atoms with E-state index < -0.39 is 11.0 Å². The second-order valence-electron chi connectivity index (χ2n) is 15.6. The van der Waals surface area contributed by atoms with Crippen LogP contribution in [-0.4, -0.2) is 97.4 Å². The molecule has 2 bridgehead atoms. The molecule has 0 radical (unpaired) electrons. The number of likely N-dealkylation sites (N-methyl/N-ethyl adjacent to an activating group) is 1. The Balaban J connectivity index is 0.810. The molecule has 0 amide bonds. The molecular formula is C43H54N2O6. The number of aryl methyl sites for hydroxylation is 1. The Kier molecular flexibility index (Phi) is 9.89. The molecule has 3 aromatic carbocycles. The van der Waals surface area contributed by atoms with Gasteiger partial charge in [-0.05, 0) is 99.9 Å². The molecule has 2 heterocycles. The smallest absolute Gasteiger partial charge is 0.166 e. The average molecular weight is 695 g/mol.